The third-order valence-electron chi connectivity index (χ3n) is 6.40. The van der Waals surface area contributed by atoms with Crippen LogP contribution in [-0.4, -0.2) is 49.4 Å². The molecule has 1 aromatic heterocycles. The van der Waals surface area contributed by atoms with Gasteiger partial charge in [-0.1, -0.05) is 18.2 Å². The van der Waals surface area contributed by atoms with Crippen LogP contribution in [0.2, 0.25) is 0 Å². The maximum absolute atomic E-state index is 13.7. The number of pyridine rings is 1. The number of benzene rings is 2. The molecular formula is C25H20F7N3O4S. The Morgan fingerprint density at radius 2 is 1.65 bits per heavy atom. The molecule has 0 unspecified atom stereocenters. The van der Waals surface area contributed by atoms with Crippen LogP contribution in [0.3, 0.4) is 0 Å². The summed E-state index contributed by atoms with van der Waals surface area (Å²) in [5.41, 5.74) is -7.20. The van der Waals surface area contributed by atoms with Gasteiger partial charge in [0.15, 0.2) is 0 Å². The molecule has 0 bridgehead atoms. The van der Waals surface area contributed by atoms with Crippen LogP contribution >= 0.6 is 0 Å². The number of hydrogen-bond acceptors (Lipinski definition) is 5. The lowest BCUT2D eigenvalue weighted by Crippen LogP contribution is -2.54. The highest BCUT2D eigenvalue weighted by molar-refractivity contribution is 7.92. The van der Waals surface area contributed by atoms with Crippen LogP contribution < -0.4 is 9.62 Å². The quantitative estimate of drug-likeness (QED) is 0.413. The summed E-state index contributed by atoms with van der Waals surface area (Å²) in [6.45, 7) is -0.300. The zero-order valence-corrected chi connectivity index (χ0v) is 21.0. The Labute approximate surface area is 223 Å². The molecule has 2 N–H and O–H groups in total. The predicted molar refractivity (Wildman–Crippen MR) is 127 cm³/mol. The van der Waals surface area contributed by atoms with Crippen molar-refractivity contribution >= 4 is 21.6 Å². The molecule has 1 amide bonds. The number of carbonyl (C=O) groups is 1. The van der Waals surface area contributed by atoms with Crippen molar-refractivity contribution in [3.63, 3.8) is 0 Å². The molecule has 1 aliphatic heterocycles. The predicted octanol–water partition coefficient (Wildman–Crippen LogP) is 4.47. The van der Waals surface area contributed by atoms with E-state index in [0.717, 1.165) is 34.6 Å². The number of carbonyl (C=O) groups excluding carboxylic acids is 1. The van der Waals surface area contributed by atoms with Gasteiger partial charge in [-0.05, 0) is 60.9 Å². The largest absolute Gasteiger partial charge is 0.430 e. The number of nitrogens with zero attached hydrogens (tertiary/aromatic N) is 2. The minimum absolute atomic E-state index is 0.0230. The Hall–Kier alpha value is -3.72. The van der Waals surface area contributed by atoms with E-state index in [1.165, 1.54) is 12.3 Å². The second kappa shape index (κ2) is 10.4. The van der Waals surface area contributed by atoms with E-state index in [0.29, 0.717) is 12.1 Å². The molecule has 2 aromatic carbocycles. The van der Waals surface area contributed by atoms with E-state index in [2.05, 4.69) is 10.3 Å². The number of nitrogens with one attached hydrogen (secondary N) is 1. The van der Waals surface area contributed by atoms with Crippen molar-refractivity contribution in [2.45, 2.75) is 41.7 Å². The van der Waals surface area contributed by atoms with Gasteiger partial charge in [0.1, 0.15) is 11.5 Å². The fourth-order valence-corrected chi connectivity index (χ4v) is 6.10. The minimum Gasteiger partial charge on any atom is -0.369 e. The number of anilines is 1. The van der Waals surface area contributed by atoms with Gasteiger partial charge in [0.05, 0.1) is 16.6 Å². The van der Waals surface area contributed by atoms with E-state index in [-0.39, 0.29) is 36.3 Å². The Bertz CT molecular complexity index is 1480. The first-order valence-corrected chi connectivity index (χ1v) is 13.0. The lowest BCUT2D eigenvalue weighted by molar-refractivity contribution is -0.376. The summed E-state index contributed by atoms with van der Waals surface area (Å²) in [4.78, 5) is 16.0. The molecule has 0 aliphatic carbocycles. The number of amides is 1. The first-order chi connectivity index (χ1) is 18.6. The van der Waals surface area contributed by atoms with Crippen LogP contribution in [0.5, 0.6) is 0 Å². The van der Waals surface area contributed by atoms with E-state index in [1.807, 2.05) is 0 Å². The van der Waals surface area contributed by atoms with Gasteiger partial charge >= 0.3 is 12.4 Å². The fraction of sp³-hybridized carbons (Fsp3) is 0.280. The molecule has 0 saturated heterocycles. The van der Waals surface area contributed by atoms with Crippen LogP contribution in [0.4, 0.5) is 36.4 Å². The van der Waals surface area contributed by atoms with E-state index in [9.17, 15) is 49.1 Å². The first kappa shape index (κ1) is 29.3. The summed E-state index contributed by atoms with van der Waals surface area (Å²) < 4.78 is 122. The zero-order chi connectivity index (χ0) is 29.5. The summed E-state index contributed by atoms with van der Waals surface area (Å²) in [5, 5.41) is 12.4. The minimum atomic E-state index is -6.13. The summed E-state index contributed by atoms with van der Waals surface area (Å²) in [5.74, 6) is -1.40. The lowest BCUT2D eigenvalue weighted by atomic mass is 9.88. The maximum atomic E-state index is 13.7. The van der Waals surface area contributed by atoms with Crippen molar-refractivity contribution in [1.82, 2.24) is 10.3 Å². The number of rotatable bonds is 6. The average Bonchev–Trinajstić information content (AvgIpc) is 2.89. The van der Waals surface area contributed by atoms with Crippen LogP contribution in [0, 0.1) is 5.82 Å². The monoisotopic (exact) mass is 591 g/mol. The van der Waals surface area contributed by atoms with Crippen LogP contribution in [0.25, 0.3) is 0 Å². The van der Waals surface area contributed by atoms with Gasteiger partial charge in [-0.2, -0.15) is 26.3 Å². The van der Waals surface area contributed by atoms with E-state index < -0.39 is 56.2 Å². The molecule has 2 heterocycles. The molecule has 0 saturated carbocycles. The summed E-state index contributed by atoms with van der Waals surface area (Å²) in [7, 11) is -4.57. The second-order valence-corrected chi connectivity index (χ2v) is 10.7. The Balaban J connectivity index is 1.78. The molecule has 15 heteroatoms. The lowest BCUT2D eigenvalue weighted by Gasteiger charge is -2.39. The maximum Gasteiger partial charge on any atom is 0.430 e. The standard InChI is InChI=1S/C25H20F7N3O4S/c26-17-6-9-19(10-7-17)40(38,39)35-18(14-34-22(36)20-3-1-2-12-33-20)8-4-15-13-16(5-11-21(15)35)23(37,24(27,28)29)25(30,31)32/h1-3,5-7,9-13,18,37H,4,8,14H2,(H,34,36)/t18-/m0/s1. The van der Waals surface area contributed by atoms with Gasteiger partial charge in [0, 0.05) is 18.3 Å². The Morgan fingerprint density at radius 3 is 2.23 bits per heavy atom. The number of halogens is 7. The smallest absolute Gasteiger partial charge is 0.369 e. The van der Waals surface area contributed by atoms with Gasteiger partial charge in [-0.25, -0.2) is 12.8 Å². The Morgan fingerprint density at radius 1 is 1.00 bits per heavy atom. The average molecular weight is 592 g/mol. The second-order valence-electron chi connectivity index (χ2n) is 8.92. The van der Waals surface area contributed by atoms with E-state index >= 15 is 0 Å². The number of aliphatic hydroxyl groups is 1. The number of aryl methyl sites for hydroxylation is 1. The van der Waals surface area contributed by atoms with Crippen molar-refractivity contribution in [2.75, 3.05) is 10.8 Å². The first-order valence-electron chi connectivity index (χ1n) is 11.6. The van der Waals surface area contributed by atoms with Crippen LogP contribution in [0.15, 0.2) is 71.8 Å². The molecule has 3 aromatic rings. The van der Waals surface area contributed by atoms with Gasteiger partial charge < -0.3 is 10.4 Å². The van der Waals surface area contributed by atoms with Crippen LogP contribution in [-0.2, 0) is 22.0 Å². The molecule has 214 valence electrons. The summed E-state index contributed by atoms with van der Waals surface area (Å²) in [6.07, 6.45) is -11.2. The molecule has 0 radical (unpaired) electrons. The number of hydrogen-bond donors (Lipinski definition) is 2. The molecule has 0 fully saturated rings. The molecule has 7 nitrogen and oxygen atoms in total. The molecule has 1 atom stereocenters. The third-order valence-corrected chi connectivity index (χ3v) is 8.28. The van der Waals surface area contributed by atoms with Crippen molar-refractivity contribution < 1.29 is 49.1 Å². The highest BCUT2D eigenvalue weighted by atomic mass is 32.2. The van der Waals surface area contributed by atoms with Gasteiger partial charge in [0.25, 0.3) is 21.5 Å². The van der Waals surface area contributed by atoms with Crippen molar-refractivity contribution in [3.8, 4) is 0 Å². The fourth-order valence-electron chi connectivity index (χ4n) is 4.38. The summed E-state index contributed by atoms with van der Waals surface area (Å²) >= 11 is 0. The topological polar surface area (TPSA) is 99.6 Å². The SMILES string of the molecule is O=C(NC[C@@H]1CCc2cc(C(O)(C(F)(F)F)C(F)(F)F)ccc2N1S(=O)(=O)c1ccc(F)cc1)c1ccccn1. The summed E-state index contributed by atoms with van der Waals surface area (Å²) in [6, 6.07) is 8.66. The number of alkyl halides is 6. The van der Waals surface area contributed by atoms with Crippen molar-refractivity contribution in [3.05, 3.63) is 89.5 Å². The number of sulfonamides is 1. The number of fused-ring (bicyclic) bond motifs is 1. The van der Waals surface area contributed by atoms with Crippen molar-refractivity contribution in [2.24, 2.45) is 0 Å². The van der Waals surface area contributed by atoms with Crippen molar-refractivity contribution in [1.29, 1.82) is 0 Å². The van der Waals surface area contributed by atoms with Gasteiger partial charge in [-0.3, -0.25) is 14.1 Å². The van der Waals surface area contributed by atoms with Crippen LogP contribution in [0.1, 0.15) is 28.0 Å². The Kier molecular flexibility index (Phi) is 7.58. The molecule has 40 heavy (non-hydrogen) atoms. The van der Waals surface area contributed by atoms with Gasteiger partial charge in [0.2, 0.25) is 0 Å². The highest BCUT2D eigenvalue weighted by Gasteiger charge is 2.71. The molecule has 0 spiro atoms. The third kappa shape index (κ3) is 5.22. The van der Waals surface area contributed by atoms with E-state index in [1.54, 1.807) is 12.1 Å². The van der Waals surface area contributed by atoms with Gasteiger partial charge in [-0.15, -0.1) is 0 Å². The van der Waals surface area contributed by atoms with E-state index in [4.69, 9.17) is 0 Å². The number of aromatic nitrogens is 1. The molecule has 4 rings (SSSR count). The normalized spacial score (nSPS) is 16.4. The highest BCUT2D eigenvalue weighted by Crippen LogP contribution is 2.51. The molecular weight excluding hydrogens is 571 g/mol. The molecule has 1 aliphatic rings. The zero-order valence-electron chi connectivity index (χ0n) is 20.2.